The number of nitro groups is 1. The Kier molecular flexibility index (Phi) is 3.76. The zero-order valence-corrected chi connectivity index (χ0v) is 9.80. The van der Waals surface area contributed by atoms with Crippen molar-refractivity contribution < 1.29 is 14.4 Å². The molecule has 0 radical (unpaired) electrons. The maximum atomic E-state index is 13.4. The first kappa shape index (κ1) is 12.8. The van der Waals surface area contributed by atoms with Gasteiger partial charge in [0.1, 0.15) is 5.69 Å². The number of aliphatic hydroxyl groups excluding tert-OH is 1. The van der Waals surface area contributed by atoms with Gasteiger partial charge in [0.25, 0.3) is 0 Å². The third-order valence-corrected chi connectivity index (χ3v) is 3.24. The van der Waals surface area contributed by atoms with Gasteiger partial charge in [-0.3, -0.25) is 10.1 Å². The van der Waals surface area contributed by atoms with Gasteiger partial charge in [-0.25, -0.2) is 0 Å². The van der Waals surface area contributed by atoms with Crippen molar-refractivity contribution in [2.45, 2.75) is 37.8 Å². The van der Waals surface area contributed by atoms with Gasteiger partial charge in [-0.05, 0) is 25.0 Å². The number of benzene rings is 1. The van der Waals surface area contributed by atoms with E-state index in [1.807, 2.05) is 0 Å². The number of halogens is 1. The standard InChI is InChI=1S/C12H15FN2O3/c13-8-4-3-6-10(12(8)15(17)18)14-9-5-1-2-7-11(9)16/h3-4,6,9,11,14,16H,1-2,5,7H2. The summed E-state index contributed by atoms with van der Waals surface area (Å²) in [7, 11) is 0. The van der Waals surface area contributed by atoms with E-state index >= 15 is 0 Å². The molecule has 2 unspecified atom stereocenters. The smallest absolute Gasteiger partial charge is 0.327 e. The van der Waals surface area contributed by atoms with Gasteiger partial charge in [0.2, 0.25) is 5.82 Å². The van der Waals surface area contributed by atoms with Crippen molar-refractivity contribution in [3.63, 3.8) is 0 Å². The van der Waals surface area contributed by atoms with Crippen LogP contribution in [0.4, 0.5) is 15.8 Å². The van der Waals surface area contributed by atoms with Gasteiger partial charge in [0.05, 0.1) is 17.1 Å². The van der Waals surface area contributed by atoms with Crippen LogP contribution in [0, 0.1) is 15.9 Å². The molecular weight excluding hydrogens is 239 g/mol. The maximum Gasteiger partial charge on any atom is 0.327 e. The Morgan fingerprint density at radius 2 is 2.11 bits per heavy atom. The molecule has 0 aromatic heterocycles. The van der Waals surface area contributed by atoms with E-state index in [1.165, 1.54) is 12.1 Å². The van der Waals surface area contributed by atoms with Crippen LogP contribution in [-0.4, -0.2) is 22.2 Å². The van der Waals surface area contributed by atoms with Crippen LogP contribution in [0.5, 0.6) is 0 Å². The third kappa shape index (κ3) is 2.59. The largest absolute Gasteiger partial charge is 0.391 e. The average molecular weight is 254 g/mol. The highest BCUT2D eigenvalue weighted by molar-refractivity contribution is 5.62. The minimum absolute atomic E-state index is 0.131. The molecule has 1 aromatic rings. The van der Waals surface area contributed by atoms with E-state index in [4.69, 9.17) is 0 Å². The van der Waals surface area contributed by atoms with Crippen LogP contribution in [0.2, 0.25) is 0 Å². The summed E-state index contributed by atoms with van der Waals surface area (Å²) in [4.78, 5) is 10.1. The van der Waals surface area contributed by atoms with Gasteiger partial charge in [-0.15, -0.1) is 0 Å². The van der Waals surface area contributed by atoms with Crippen LogP contribution >= 0.6 is 0 Å². The van der Waals surface area contributed by atoms with Crippen molar-refractivity contribution in [1.29, 1.82) is 0 Å². The Morgan fingerprint density at radius 3 is 2.78 bits per heavy atom. The Labute approximate surface area is 104 Å². The molecule has 1 fully saturated rings. The number of anilines is 1. The minimum atomic E-state index is -0.865. The Morgan fingerprint density at radius 1 is 1.39 bits per heavy atom. The molecule has 1 saturated carbocycles. The van der Waals surface area contributed by atoms with Crippen LogP contribution in [0.1, 0.15) is 25.7 Å². The van der Waals surface area contributed by atoms with E-state index < -0.39 is 22.5 Å². The number of nitrogens with one attached hydrogen (secondary N) is 1. The number of rotatable bonds is 3. The lowest BCUT2D eigenvalue weighted by Crippen LogP contribution is -2.36. The summed E-state index contributed by atoms with van der Waals surface area (Å²) < 4.78 is 13.4. The second-order valence-electron chi connectivity index (χ2n) is 4.50. The van der Waals surface area contributed by atoms with Crippen LogP contribution in [0.15, 0.2) is 18.2 Å². The highest BCUT2D eigenvalue weighted by Crippen LogP contribution is 2.30. The van der Waals surface area contributed by atoms with Crippen molar-refractivity contribution in [3.05, 3.63) is 34.1 Å². The van der Waals surface area contributed by atoms with Gasteiger partial charge in [-0.2, -0.15) is 4.39 Å². The first-order valence-electron chi connectivity index (χ1n) is 5.97. The molecule has 1 aromatic carbocycles. The van der Waals surface area contributed by atoms with Gasteiger partial charge in [0, 0.05) is 0 Å². The topological polar surface area (TPSA) is 75.4 Å². The molecule has 18 heavy (non-hydrogen) atoms. The highest BCUT2D eigenvalue weighted by Gasteiger charge is 2.27. The summed E-state index contributed by atoms with van der Waals surface area (Å²) >= 11 is 0. The molecule has 0 saturated heterocycles. The van der Waals surface area contributed by atoms with Gasteiger partial charge >= 0.3 is 5.69 Å². The third-order valence-electron chi connectivity index (χ3n) is 3.24. The fourth-order valence-corrected chi connectivity index (χ4v) is 2.30. The van der Waals surface area contributed by atoms with E-state index in [1.54, 1.807) is 0 Å². The summed E-state index contributed by atoms with van der Waals surface area (Å²) in [6.45, 7) is 0. The Hall–Kier alpha value is -1.69. The monoisotopic (exact) mass is 254 g/mol. The molecule has 0 spiro atoms. The second kappa shape index (κ2) is 5.30. The quantitative estimate of drug-likeness (QED) is 0.641. The van der Waals surface area contributed by atoms with E-state index in [9.17, 15) is 19.6 Å². The number of hydrogen-bond donors (Lipinski definition) is 2. The van der Waals surface area contributed by atoms with Crippen LogP contribution in [-0.2, 0) is 0 Å². The summed E-state index contributed by atoms with van der Waals surface area (Å²) in [5, 5.41) is 23.5. The van der Waals surface area contributed by atoms with E-state index in [-0.39, 0.29) is 11.7 Å². The highest BCUT2D eigenvalue weighted by atomic mass is 19.1. The molecule has 6 heteroatoms. The molecular formula is C12H15FN2O3. The fourth-order valence-electron chi connectivity index (χ4n) is 2.30. The first-order valence-corrected chi connectivity index (χ1v) is 5.97. The van der Waals surface area contributed by atoms with Crippen molar-refractivity contribution in [1.82, 2.24) is 0 Å². The number of para-hydroxylation sites is 1. The summed E-state index contributed by atoms with van der Waals surface area (Å²) in [6, 6.07) is 3.68. The van der Waals surface area contributed by atoms with Crippen molar-refractivity contribution in [2.75, 3.05) is 5.32 Å². The zero-order chi connectivity index (χ0) is 13.1. The second-order valence-corrected chi connectivity index (χ2v) is 4.50. The molecule has 1 aliphatic rings. The molecule has 5 nitrogen and oxygen atoms in total. The average Bonchev–Trinajstić information content (AvgIpc) is 2.31. The van der Waals surface area contributed by atoms with Gasteiger partial charge in [0.15, 0.2) is 0 Å². The predicted octanol–water partition coefficient (Wildman–Crippen LogP) is 2.45. The number of aliphatic hydroxyl groups is 1. The molecule has 98 valence electrons. The molecule has 0 bridgehead atoms. The molecule has 2 rings (SSSR count). The lowest BCUT2D eigenvalue weighted by Gasteiger charge is -2.29. The predicted molar refractivity (Wildman–Crippen MR) is 64.9 cm³/mol. The molecule has 0 heterocycles. The lowest BCUT2D eigenvalue weighted by atomic mass is 9.92. The van der Waals surface area contributed by atoms with Crippen LogP contribution < -0.4 is 5.32 Å². The van der Waals surface area contributed by atoms with Crippen LogP contribution in [0.3, 0.4) is 0 Å². The molecule has 0 amide bonds. The normalized spacial score (nSPS) is 23.7. The summed E-state index contributed by atoms with van der Waals surface area (Å²) in [6.07, 6.45) is 2.76. The molecule has 2 atom stereocenters. The van der Waals surface area contributed by atoms with Crippen LogP contribution in [0.25, 0.3) is 0 Å². The van der Waals surface area contributed by atoms with Gasteiger partial charge < -0.3 is 10.4 Å². The molecule has 1 aliphatic carbocycles. The Balaban J connectivity index is 2.23. The van der Waals surface area contributed by atoms with Crippen molar-refractivity contribution in [2.24, 2.45) is 0 Å². The SMILES string of the molecule is O=[N+]([O-])c1c(F)cccc1NC1CCCCC1O. The lowest BCUT2D eigenvalue weighted by molar-refractivity contribution is -0.386. The van der Waals surface area contributed by atoms with E-state index in [2.05, 4.69) is 5.32 Å². The summed E-state index contributed by atoms with van der Waals surface area (Å²) in [5.41, 5.74) is -0.429. The molecule has 0 aliphatic heterocycles. The van der Waals surface area contributed by atoms with E-state index in [0.29, 0.717) is 6.42 Å². The van der Waals surface area contributed by atoms with E-state index in [0.717, 1.165) is 25.3 Å². The first-order chi connectivity index (χ1) is 8.59. The fraction of sp³-hybridized carbons (Fsp3) is 0.500. The number of nitrogens with zero attached hydrogens (tertiary/aromatic N) is 1. The summed E-state index contributed by atoms with van der Waals surface area (Å²) in [5.74, 6) is -0.865. The molecule has 2 N–H and O–H groups in total. The van der Waals surface area contributed by atoms with Gasteiger partial charge in [-0.1, -0.05) is 18.9 Å². The number of hydrogen-bond acceptors (Lipinski definition) is 4. The zero-order valence-electron chi connectivity index (χ0n) is 9.80. The number of nitro benzene ring substituents is 1. The Bertz CT molecular complexity index is 453. The van der Waals surface area contributed by atoms with Crippen molar-refractivity contribution >= 4 is 11.4 Å². The minimum Gasteiger partial charge on any atom is -0.391 e. The maximum absolute atomic E-state index is 13.4. The van der Waals surface area contributed by atoms with Crippen molar-refractivity contribution in [3.8, 4) is 0 Å².